The first kappa shape index (κ1) is 10.8. The average Bonchev–Trinajstić information content (AvgIpc) is 2.05. The Morgan fingerprint density at radius 3 is 1.75 bits per heavy atom. The summed E-state index contributed by atoms with van der Waals surface area (Å²) in [6, 6.07) is 10.1. The van der Waals surface area contributed by atoms with Crippen LogP contribution in [0.3, 0.4) is 0 Å². The van der Waals surface area contributed by atoms with Gasteiger partial charge in [0.1, 0.15) is 0 Å². The summed E-state index contributed by atoms with van der Waals surface area (Å²) in [6.45, 7) is -3.67. The minimum absolute atomic E-state index is 1.16. The van der Waals surface area contributed by atoms with Crippen molar-refractivity contribution >= 4 is 5.69 Å². The minimum atomic E-state index is -3.67. The Hall–Kier alpha value is -1.19. The zero-order chi connectivity index (χ0) is 9.40. The molecule has 1 aromatic rings. The lowest BCUT2D eigenvalue weighted by atomic mass is 10.3. The molecule has 1 rings (SSSR count). The Bertz CT molecular complexity index is 186. The van der Waals surface area contributed by atoms with Crippen LogP contribution in [0.5, 0.6) is 0 Å². The van der Waals surface area contributed by atoms with Crippen molar-refractivity contribution in [3.8, 4) is 0 Å². The number of hydrogen-bond donors (Lipinski definition) is 1. The fourth-order valence-corrected chi connectivity index (χ4v) is 0.605. The van der Waals surface area contributed by atoms with E-state index in [1.165, 1.54) is 0 Å². The Kier molecular flexibility index (Phi) is 5.87. The summed E-state index contributed by atoms with van der Waals surface area (Å²) in [5.74, 6) is 0. The van der Waals surface area contributed by atoms with Crippen LogP contribution >= 0.6 is 0 Å². The van der Waals surface area contributed by atoms with Gasteiger partial charge in [-0.05, 0) is 12.1 Å². The molecule has 0 aliphatic rings. The second-order valence-electron chi connectivity index (χ2n) is 1.86. The molecule has 0 amide bonds. The van der Waals surface area contributed by atoms with Crippen molar-refractivity contribution in [1.82, 2.24) is 0 Å². The van der Waals surface area contributed by atoms with Gasteiger partial charge in [-0.2, -0.15) is 13.2 Å². The summed E-state index contributed by atoms with van der Waals surface area (Å²) in [6.07, 6.45) is 0. The third kappa shape index (κ3) is 6.92. The maximum atomic E-state index is 9.67. The third-order valence-electron chi connectivity index (χ3n) is 1.06. The number of para-hydroxylation sites is 1. The summed E-state index contributed by atoms with van der Waals surface area (Å²) in [5, 5.41) is 3.03. The second-order valence-corrected chi connectivity index (χ2v) is 1.86. The van der Waals surface area contributed by atoms with E-state index in [0.717, 1.165) is 5.69 Å². The SMILES string of the molecule is CNc1ccccc1.FC(F)F. The topological polar surface area (TPSA) is 12.0 Å². The van der Waals surface area contributed by atoms with Gasteiger partial charge in [0.25, 0.3) is 0 Å². The molecule has 0 fully saturated rings. The van der Waals surface area contributed by atoms with E-state index >= 15 is 0 Å². The molecule has 1 N–H and O–H groups in total. The lowest BCUT2D eigenvalue weighted by Gasteiger charge is -1.94. The molecule has 68 valence electrons. The van der Waals surface area contributed by atoms with Crippen molar-refractivity contribution < 1.29 is 13.2 Å². The fraction of sp³-hybridized carbons (Fsp3) is 0.250. The Balaban J connectivity index is 0.000000261. The highest BCUT2D eigenvalue weighted by atomic mass is 19.4. The van der Waals surface area contributed by atoms with Gasteiger partial charge in [-0.3, -0.25) is 0 Å². The molecule has 0 bridgehead atoms. The minimum Gasteiger partial charge on any atom is -0.388 e. The van der Waals surface area contributed by atoms with Crippen LogP contribution in [0.1, 0.15) is 0 Å². The van der Waals surface area contributed by atoms with Gasteiger partial charge in [-0.1, -0.05) is 18.2 Å². The molecular formula is C8H10F3N. The molecule has 12 heavy (non-hydrogen) atoms. The van der Waals surface area contributed by atoms with Gasteiger partial charge in [0.05, 0.1) is 0 Å². The predicted molar refractivity (Wildman–Crippen MR) is 43.1 cm³/mol. The quantitative estimate of drug-likeness (QED) is 0.695. The van der Waals surface area contributed by atoms with Gasteiger partial charge < -0.3 is 5.32 Å². The molecule has 0 saturated carbocycles. The molecule has 0 radical (unpaired) electrons. The molecule has 1 nitrogen and oxygen atoms in total. The first-order chi connectivity index (χ1) is 5.66. The first-order valence-corrected chi connectivity index (χ1v) is 3.32. The summed E-state index contributed by atoms with van der Waals surface area (Å²) < 4.78 is 29.0. The van der Waals surface area contributed by atoms with E-state index < -0.39 is 6.68 Å². The Labute approximate surface area is 69.2 Å². The number of rotatable bonds is 1. The van der Waals surface area contributed by atoms with E-state index in [9.17, 15) is 13.2 Å². The lowest BCUT2D eigenvalue weighted by Crippen LogP contribution is -1.84. The standard InChI is InChI=1S/C7H9N.CHF3/c1-8-7-5-3-2-4-6-7;2-1(3)4/h2-6,8H,1H3;1H. The zero-order valence-electron chi connectivity index (χ0n) is 6.60. The van der Waals surface area contributed by atoms with Crippen LogP contribution < -0.4 is 5.32 Å². The zero-order valence-corrected chi connectivity index (χ0v) is 6.60. The van der Waals surface area contributed by atoms with E-state index in [4.69, 9.17) is 0 Å². The van der Waals surface area contributed by atoms with Crippen LogP contribution in [0.2, 0.25) is 0 Å². The predicted octanol–water partition coefficient (Wildman–Crippen LogP) is 2.91. The van der Waals surface area contributed by atoms with Gasteiger partial charge >= 0.3 is 6.68 Å². The van der Waals surface area contributed by atoms with Gasteiger partial charge in [-0.15, -0.1) is 0 Å². The molecule has 0 saturated heterocycles. The highest BCUT2D eigenvalue weighted by molar-refractivity contribution is 5.41. The van der Waals surface area contributed by atoms with Gasteiger partial charge in [0.15, 0.2) is 0 Å². The van der Waals surface area contributed by atoms with Crippen molar-refractivity contribution in [3.63, 3.8) is 0 Å². The monoisotopic (exact) mass is 177 g/mol. The third-order valence-corrected chi connectivity index (χ3v) is 1.06. The number of benzene rings is 1. The van der Waals surface area contributed by atoms with Gasteiger partial charge in [0, 0.05) is 12.7 Å². The fourth-order valence-electron chi connectivity index (χ4n) is 0.605. The lowest BCUT2D eigenvalue weighted by molar-refractivity contribution is 0.00819. The molecule has 1 aromatic carbocycles. The Morgan fingerprint density at radius 1 is 1.08 bits per heavy atom. The van der Waals surface area contributed by atoms with Crippen molar-refractivity contribution in [2.24, 2.45) is 0 Å². The van der Waals surface area contributed by atoms with Gasteiger partial charge in [-0.25, -0.2) is 0 Å². The van der Waals surface area contributed by atoms with E-state index in [1.54, 1.807) is 0 Å². The van der Waals surface area contributed by atoms with E-state index in [2.05, 4.69) is 5.32 Å². The van der Waals surface area contributed by atoms with Crippen LogP contribution in [-0.4, -0.2) is 13.7 Å². The molecule has 4 heteroatoms. The number of alkyl halides is 3. The van der Waals surface area contributed by atoms with E-state index in [0.29, 0.717) is 0 Å². The highest BCUT2D eigenvalue weighted by Crippen LogP contribution is 2.01. The summed E-state index contributed by atoms with van der Waals surface area (Å²) >= 11 is 0. The van der Waals surface area contributed by atoms with Crippen LogP contribution in [0, 0.1) is 0 Å². The maximum Gasteiger partial charge on any atom is 0.379 e. The number of hydrogen-bond acceptors (Lipinski definition) is 1. The van der Waals surface area contributed by atoms with Crippen LogP contribution in [0.15, 0.2) is 30.3 Å². The number of halogens is 3. The van der Waals surface area contributed by atoms with Crippen molar-refractivity contribution in [2.75, 3.05) is 12.4 Å². The smallest absolute Gasteiger partial charge is 0.379 e. The Morgan fingerprint density at radius 2 is 1.50 bits per heavy atom. The molecule has 0 aliphatic heterocycles. The van der Waals surface area contributed by atoms with E-state index in [-0.39, 0.29) is 0 Å². The maximum absolute atomic E-state index is 9.67. The molecule has 0 aromatic heterocycles. The normalized spacial score (nSPS) is 8.75. The molecular weight excluding hydrogens is 167 g/mol. The van der Waals surface area contributed by atoms with Crippen molar-refractivity contribution in [3.05, 3.63) is 30.3 Å². The molecule has 0 heterocycles. The highest BCUT2D eigenvalue weighted by Gasteiger charge is 1.86. The van der Waals surface area contributed by atoms with E-state index in [1.807, 2.05) is 37.4 Å². The van der Waals surface area contributed by atoms with Gasteiger partial charge in [0.2, 0.25) is 0 Å². The van der Waals surface area contributed by atoms with Crippen LogP contribution in [-0.2, 0) is 0 Å². The largest absolute Gasteiger partial charge is 0.388 e. The molecule has 0 unspecified atom stereocenters. The number of anilines is 1. The molecule has 0 aliphatic carbocycles. The summed E-state index contributed by atoms with van der Waals surface area (Å²) in [5.41, 5.74) is 1.16. The second kappa shape index (κ2) is 6.52. The molecule has 0 atom stereocenters. The van der Waals surface area contributed by atoms with Crippen LogP contribution in [0.4, 0.5) is 18.9 Å². The van der Waals surface area contributed by atoms with Crippen molar-refractivity contribution in [2.45, 2.75) is 6.68 Å². The summed E-state index contributed by atoms with van der Waals surface area (Å²) in [7, 11) is 1.91. The van der Waals surface area contributed by atoms with Crippen LogP contribution in [0.25, 0.3) is 0 Å². The summed E-state index contributed by atoms with van der Waals surface area (Å²) in [4.78, 5) is 0. The average molecular weight is 177 g/mol. The first-order valence-electron chi connectivity index (χ1n) is 3.32. The van der Waals surface area contributed by atoms with Crippen molar-refractivity contribution in [1.29, 1.82) is 0 Å². The number of nitrogens with one attached hydrogen (secondary N) is 1. The molecule has 0 spiro atoms.